The minimum atomic E-state index is -1.10. The molecule has 5 heteroatoms. The number of amides is 2. The van der Waals surface area contributed by atoms with Crippen molar-refractivity contribution in [1.29, 1.82) is 0 Å². The van der Waals surface area contributed by atoms with Crippen LogP contribution >= 0.6 is 0 Å². The summed E-state index contributed by atoms with van der Waals surface area (Å²) in [7, 11) is 0. The molecular weight excluding hydrogens is 218 g/mol. The Morgan fingerprint density at radius 1 is 1.24 bits per heavy atom. The smallest absolute Gasteiger partial charge is 0.249 e. The molecule has 1 heterocycles. The van der Waals surface area contributed by atoms with Gasteiger partial charge in [0.15, 0.2) is 0 Å². The number of hydrogen-bond donors (Lipinski definition) is 3. The first-order chi connectivity index (χ1) is 7.94. The summed E-state index contributed by atoms with van der Waals surface area (Å²) in [5, 5.41) is 3.00. The molecule has 0 fully saturated rings. The number of rotatable bonds is 2. The highest BCUT2D eigenvalue weighted by atomic mass is 16.2. The van der Waals surface area contributed by atoms with E-state index in [1.807, 2.05) is 0 Å². The lowest BCUT2D eigenvalue weighted by atomic mass is 9.88. The fourth-order valence-corrected chi connectivity index (χ4v) is 1.85. The van der Waals surface area contributed by atoms with Crippen molar-refractivity contribution in [2.24, 2.45) is 11.5 Å². The van der Waals surface area contributed by atoms with Gasteiger partial charge in [0.05, 0.1) is 0 Å². The molecule has 5 nitrogen and oxygen atoms in total. The Hall–Kier alpha value is -2.30. The quantitative estimate of drug-likeness (QED) is 0.679. The maximum absolute atomic E-state index is 11.4. The van der Waals surface area contributed by atoms with Crippen LogP contribution in [-0.2, 0) is 9.59 Å². The van der Waals surface area contributed by atoms with E-state index in [0.29, 0.717) is 16.8 Å². The Kier molecular flexibility index (Phi) is 2.38. The molecule has 1 aromatic rings. The topological polar surface area (TPSA) is 98.2 Å². The molecule has 2 amide bonds. The van der Waals surface area contributed by atoms with E-state index in [4.69, 9.17) is 11.5 Å². The highest BCUT2D eigenvalue weighted by Gasteiger charge is 2.34. The molecule has 88 valence electrons. The molecule has 0 spiro atoms. The van der Waals surface area contributed by atoms with Crippen LogP contribution in [0.1, 0.15) is 12.5 Å². The van der Waals surface area contributed by atoms with Crippen molar-refractivity contribution >= 4 is 23.1 Å². The van der Waals surface area contributed by atoms with Gasteiger partial charge in [-0.15, -0.1) is 0 Å². The molecule has 1 aliphatic rings. The third-order valence-electron chi connectivity index (χ3n) is 2.82. The lowest BCUT2D eigenvalue weighted by molar-refractivity contribution is -0.120. The number of hydrogen-bond acceptors (Lipinski definition) is 3. The predicted octanol–water partition coefficient (Wildman–Crippen LogP) is 0.225. The lowest BCUT2D eigenvalue weighted by Gasteiger charge is -2.31. The second-order valence-electron chi connectivity index (χ2n) is 4.16. The van der Waals surface area contributed by atoms with Crippen LogP contribution in [0.2, 0.25) is 0 Å². The van der Waals surface area contributed by atoms with Gasteiger partial charge in [-0.2, -0.15) is 0 Å². The number of fused-ring (bicyclic) bond motifs is 1. The summed E-state index contributed by atoms with van der Waals surface area (Å²) in [6.07, 6.45) is 1.47. The number of carbonyl (C=O) groups excluding carboxylic acids is 2. The van der Waals surface area contributed by atoms with Crippen molar-refractivity contribution in [3.63, 3.8) is 0 Å². The lowest BCUT2D eigenvalue weighted by Crippen LogP contribution is -2.48. The Labute approximate surface area is 98.5 Å². The minimum Gasteiger partial charge on any atom is -0.368 e. The maximum atomic E-state index is 11.4. The Bertz CT molecular complexity index is 536. The van der Waals surface area contributed by atoms with E-state index >= 15 is 0 Å². The number of para-hydroxylation sites is 1. The SMILES string of the molecule is CC1(C(N)=O)C=C(C(N)=O)c2ccccc2N1. The van der Waals surface area contributed by atoms with Crippen molar-refractivity contribution in [3.8, 4) is 0 Å². The largest absolute Gasteiger partial charge is 0.368 e. The first kappa shape index (κ1) is 11.2. The average Bonchev–Trinajstić information content (AvgIpc) is 2.27. The Balaban J connectivity index is 2.63. The highest BCUT2D eigenvalue weighted by molar-refractivity contribution is 6.22. The second kappa shape index (κ2) is 3.62. The van der Waals surface area contributed by atoms with Crippen molar-refractivity contribution in [2.45, 2.75) is 12.5 Å². The zero-order valence-corrected chi connectivity index (χ0v) is 9.36. The normalized spacial score (nSPS) is 22.1. The number of benzene rings is 1. The van der Waals surface area contributed by atoms with Crippen LogP contribution in [0.4, 0.5) is 5.69 Å². The molecule has 1 aliphatic heterocycles. The van der Waals surface area contributed by atoms with E-state index in [1.54, 1.807) is 31.2 Å². The molecule has 0 radical (unpaired) electrons. The van der Waals surface area contributed by atoms with Crippen molar-refractivity contribution in [2.75, 3.05) is 5.32 Å². The van der Waals surface area contributed by atoms with Gasteiger partial charge in [-0.25, -0.2) is 0 Å². The van der Waals surface area contributed by atoms with E-state index < -0.39 is 17.4 Å². The zero-order chi connectivity index (χ0) is 12.6. The van der Waals surface area contributed by atoms with E-state index in [1.165, 1.54) is 6.08 Å². The standard InChI is InChI=1S/C12H13N3O2/c1-12(11(14)17)6-8(10(13)16)7-4-2-3-5-9(7)15-12/h2-6,15H,1H3,(H2,13,16)(H2,14,17). The van der Waals surface area contributed by atoms with Gasteiger partial charge in [0.25, 0.3) is 0 Å². The van der Waals surface area contributed by atoms with Crippen LogP contribution in [0.5, 0.6) is 0 Å². The van der Waals surface area contributed by atoms with Gasteiger partial charge >= 0.3 is 0 Å². The molecule has 5 N–H and O–H groups in total. The molecule has 2 rings (SSSR count). The molecule has 1 aromatic carbocycles. The van der Waals surface area contributed by atoms with E-state index in [-0.39, 0.29) is 0 Å². The van der Waals surface area contributed by atoms with Crippen LogP contribution in [0.3, 0.4) is 0 Å². The fourth-order valence-electron chi connectivity index (χ4n) is 1.85. The van der Waals surface area contributed by atoms with Crippen molar-refractivity contribution in [1.82, 2.24) is 0 Å². The summed E-state index contributed by atoms with van der Waals surface area (Å²) < 4.78 is 0. The number of anilines is 1. The van der Waals surface area contributed by atoms with Crippen LogP contribution in [-0.4, -0.2) is 17.4 Å². The average molecular weight is 231 g/mol. The molecular formula is C12H13N3O2. The molecule has 1 unspecified atom stereocenters. The summed E-state index contributed by atoms with van der Waals surface area (Å²) in [6.45, 7) is 1.61. The van der Waals surface area contributed by atoms with Gasteiger partial charge in [-0.3, -0.25) is 9.59 Å². The maximum Gasteiger partial charge on any atom is 0.249 e. The van der Waals surface area contributed by atoms with Crippen molar-refractivity contribution in [3.05, 3.63) is 35.9 Å². The highest BCUT2D eigenvalue weighted by Crippen LogP contribution is 2.33. The third-order valence-corrected chi connectivity index (χ3v) is 2.82. The first-order valence-electron chi connectivity index (χ1n) is 5.14. The monoisotopic (exact) mass is 231 g/mol. The Morgan fingerprint density at radius 2 is 1.88 bits per heavy atom. The fraction of sp³-hybridized carbons (Fsp3) is 0.167. The summed E-state index contributed by atoms with van der Waals surface area (Å²) >= 11 is 0. The van der Waals surface area contributed by atoms with Gasteiger partial charge in [0.1, 0.15) is 5.54 Å². The van der Waals surface area contributed by atoms with Crippen LogP contribution in [0.25, 0.3) is 5.57 Å². The van der Waals surface area contributed by atoms with E-state index in [9.17, 15) is 9.59 Å². The first-order valence-corrected chi connectivity index (χ1v) is 5.14. The second-order valence-corrected chi connectivity index (χ2v) is 4.16. The van der Waals surface area contributed by atoms with Gasteiger partial charge in [0, 0.05) is 16.8 Å². The number of nitrogens with one attached hydrogen (secondary N) is 1. The minimum absolute atomic E-state index is 0.306. The van der Waals surface area contributed by atoms with Crippen LogP contribution in [0, 0.1) is 0 Å². The molecule has 17 heavy (non-hydrogen) atoms. The van der Waals surface area contributed by atoms with E-state index in [0.717, 1.165) is 0 Å². The number of carbonyl (C=O) groups is 2. The predicted molar refractivity (Wildman–Crippen MR) is 64.8 cm³/mol. The van der Waals surface area contributed by atoms with Crippen LogP contribution in [0.15, 0.2) is 30.3 Å². The summed E-state index contributed by atoms with van der Waals surface area (Å²) in [6, 6.07) is 7.13. The van der Waals surface area contributed by atoms with Gasteiger partial charge in [-0.05, 0) is 19.1 Å². The molecule has 0 saturated heterocycles. The molecule has 1 atom stereocenters. The Morgan fingerprint density at radius 3 is 2.47 bits per heavy atom. The zero-order valence-electron chi connectivity index (χ0n) is 9.36. The van der Waals surface area contributed by atoms with Gasteiger partial charge in [-0.1, -0.05) is 18.2 Å². The number of nitrogens with two attached hydrogens (primary N) is 2. The molecule has 0 bridgehead atoms. The summed E-state index contributed by atoms with van der Waals surface area (Å²) in [5.41, 5.74) is 11.2. The van der Waals surface area contributed by atoms with Gasteiger partial charge < -0.3 is 16.8 Å². The summed E-state index contributed by atoms with van der Waals surface area (Å²) in [4.78, 5) is 22.8. The van der Waals surface area contributed by atoms with Gasteiger partial charge in [0.2, 0.25) is 11.8 Å². The number of primary amides is 2. The van der Waals surface area contributed by atoms with Crippen LogP contribution < -0.4 is 16.8 Å². The summed E-state index contributed by atoms with van der Waals surface area (Å²) in [5.74, 6) is -1.14. The molecule has 0 aliphatic carbocycles. The van der Waals surface area contributed by atoms with E-state index in [2.05, 4.69) is 5.32 Å². The molecule has 0 aromatic heterocycles. The molecule has 0 saturated carbocycles. The van der Waals surface area contributed by atoms with Crippen molar-refractivity contribution < 1.29 is 9.59 Å². The third kappa shape index (κ3) is 1.75.